The van der Waals surface area contributed by atoms with E-state index in [1.54, 1.807) is 6.07 Å². The molecule has 5 heteroatoms. The number of hydrogen-bond acceptors (Lipinski definition) is 2. The zero-order valence-electron chi connectivity index (χ0n) is 14.0. The number of hydrogen-bond donors (Lipinski definition) is 2. The number of primary amides is 1. The maximum atomic E-state index is 11.6. The number of benzene rings is 1. The predicted octanol–water partition coefficient (Wildman–Crippen LogP) is 2.86. The Balaban J connectivity index is 1.72. The number of aromatic amines is 1. The minimum atomic E-state index is -0.446. The molecule has 1 unspecified atom stereocenters. The van der Waals surface area contributed by atoms with Crippen LogP contribution >= 0.6 is 0 Å². The zero-order chi connectivity index (χ0) is 16.7. The van der Waals surface area contributed by atoms with Crippen LogP contribution in [0.5, 0.6) is 0 Å². The average Bonchev–Trinajstić information content (AvgIpc) is 3.20. The molecule has 2 heterocycles. The molecule has 1 amide bonds. The summed E-state index contributed by atoms with van der Waals surface area (Å²) in [5.41, 5.74) is 7.15. The molecule has 5 nitrogen and oxygen atoms in total. The van der Waals surface area contributed by atoms with Gasteiger partial charge in [-0.1, -0.05) is 12.5 Å². The Morgan fingerprint density at radius 1 is 1.33 bits per heavy atom. The quantitative estimate of drug-likeness (QED) is 0.852. The Morgan fingerprint density at radius 2 is 2.12 bits per heavy atom. The number of nitrogens with one attached hydrogen (secondary N) is 1. The van der Waals surface area contributed by atoms with Gasteiger partial charge >= 0.3 is 0 Å². The number of aromatic nitrogens is 2. The van der Waals surface area contributed by atoms with Crippen molar-refractivity contribution in [1.29, 1.82) is 0 Å². The normalized spacial score (nSPS) is 24.5. The molecule has 0 bridgehead atoms. The molecule has 4 rings (SSSR count). The lowest BCUT2D eigenvalue weighted by molar-refractivity contribution is -0.498. The van der Waals surface area contributed by atoms with E-state index in [2.05, 4.69) is 35.0 Å². The Morgan fingerprint density at radius 3 is 2.88 bits per heavy atom. The molecular formula is C19H23N4O+. The van der Waals surface area contributed by atoms with Gasteiger partial charge in [-0.3, -0.25) is 4.79 Å². The van der Waals surface area contributed by atoms with E-state index < -0.39 is 5.91 Å². The summed E-state index contributed by atoms with van der Waals surface area (Å²) in [4.78, 5) is 19.7. The van der Waals surface area contributed by atoms with Crippen LogP contribution < -0.4 is 5.73 Å². The molecule has 124 valence electrons. The van der Waals surface area contributed by atoms with E-state index in [1.165, 1.54) is 32.1 Å². The Kier molecular flexibility index (Phi) is 3.52. The molecule has 0 radical (unpaired) electrons. The van der Waals surface area contributed by atoms with Gasteiger partial charge in [0.25, 0.3) is 5.91 Å². The van der Waals surface area contributed by atoms with Crippen molar-refractivity contribution in [2.75, 3.05) is 0 Å². The highest BCUT2D eigenvalue weighted by molar-refractivity contribution is 6.04. The third-order valence-corrected chi connectivity index (χ3v) is 5.29. The summed E-state index contributed by atoms with van der Waals surface area (Å²) in [6, 6.07) is 6.08. The second kappa shape index (κ2) is 5.58. The minimum absolute atomic E-state index is 0.286. The minimum Gasteiger partial charge on any atom is -0.366 e. The van der Waals surface area contributed by atoms with Gasteiger partial charge in [-0.15, -0.1) is 0 Å². The number of nitrogens with two attached hydrogens (primary N) is 1. The molecule has 2 aliphatic rings. The number of amides is 1. The SMILES string of the molecule is CC1(c2nc3c(C(N)=O)cccc3[nH]2)C=C[N+](C2CCCCC2)=C1. The van der Waals surface area contributed by atoms with Crippen molar-refractivity contribution in [3.05, 3.63) is 41.9 Å². The molecule has 0 spiro atoms. The lowest BCUT2D eigenvalue weighted by Crippen LogP contribution is -2.28. The molecule has 1 fully saturated rings. The number of rotatable bonds is 3. The molecule has 1 aliphatic heterocycles. The van der Waals surface area contributed by atoms with E-state index in [4.69, 9.17) is 10.7 Å². The maximum Gasteiger partial charge on any atom is 0.250 e. The Hall–Kier alpha value is -2.43. The third kappa shape index (κ3) is 2.44. The van der Waals surface area contributed by atoms with E-state index in [9.17, 15) is 4.79 Å². The third-order valence-electron chi connectivity index (χ3n) is 5.29. The summed E-state index contributed by atoms with van der Waals surface area (Å²) in [6.45, 7) is 2.15. The number of fused-ring (bicyclic) bond motifs is 1. The number of carbonyl (C=O) groups is 1. The molecular weight excluding hydrogens is 300 g/mol. The van der Waals surface area contributed by atoms with Crippen LogP contribution in [0.25, 0.3) is 11.0 Å². The van der Waals surface area contributed by atoms with Gasteiger partial charge in [0, 0.05) is 18.9 Å². The first-order chi connectivity index (χ1) is 11.6. The molecule has 1 atom stereocenters. The second-order valence-electron chi connectivity index (χ2n) is 7.12. The van der Waals surface area contributed by atoms with Gasteiger partial charge in [-0.25, -0.2) is 9.56 Å². The Labute approximate surface area is 141 Å². The number of carbonyl (C=O) groups excluding carboxylic acids is 1. The summed E-state index contributed by atoms with van der Waals surface area (Å²) >= 11 is 0. The van der Waals surface area contributed by atoms with Gasteiger partial charge < -0.3 is 10.7 Å². The summed E-state index contributed by atoms with van der Waals surface area (Å²) in [5.74, 6) is 0.402. The van der Waals surface area contributed by atoms with Crippen LogP contribution in [-0.2, 0) is 5.41 Å². The predicted molar refractivity (Wildman–Crippen MR) is 94.3 cm³/mol. The van der Waals surface area contributed by atoms with Crippen LogP contribution in [0.1, 0.15) is 55.2 Å². The molecule has 0 saturated heterocycles. The van der Waals surface area contributed by atoms with Crippen molar-refractivity contribution in [3.63, 3.8) is 0 Å². The first kappa shape index (κ1) is 15.1. The van der Waals surface area contributed by atoms with Crippen molar-refractivity contribution in [3.8, 4) is 0 Å². The van der Waals surface area contributed by atoms with Crippen molar-refractivity contribution in [2.24, 2.45) is 5.73 Å². The highest BCUT2D eigenvalue weighted by Gasteiger charge is 2.37. The topological polar surface area (TPSA) is 74.8 Å². The summed E-state index contributed by atoms with van der Waals surface area (Å²) in [7, 11) is 0. The molecule has 1 saturated carbocycles. The largest absolute Gasteiger partial charge is 0.366 e. The van der Waals surface area contributed by atoms with Gasteiger partial charge in [0.05, 0.1) is 11.1 Å². The fourth-order valence-corrected chi connectivity index (χ4v) is 3.87. The van der Waals surface area contributed by atoms with E-state index in [0.29, 0.717) is 17.1 Å². The number of nitrogens with zero attached hydrogens (tertiary/aromatic N) is 2. The van der Waals surface area contributed by atoms with Crippen LogP contribution in [0.15, 0.2) is 30.5 Å². The highest BCUT2D eigenvalue weighted by Crippen LogP contribution is 2.30. The lowest BCUT2D eigenvalue weighted by Gasteiger charge is -2.17. The van der Waals surface area contributed by atoms with Crippen LogP contribution in [0.3, 0.4) is 0 Å². The van der Waals surface area contributed by atoms with E-state index in [0.717, 1.165) is 11.3 Å². The second-order valence-corrected chi connectivity index (χ2v) is 7.12. The molecule has 3 N–H and O–H groups in total. The van der Waals surface area contributed by atoms with Crippen LogP contribution in [-0.4, -0.2) is 32.7 Å². The van der Waals surface area contributed by atoms with Crippen molar-refractivity contribution >= 4 is 23.2 Å². The molecule has 1 aromatic heterocycles. The highest BCUT2D eigenvalue weighted by atomic mass is 16.1. The van der Waals surface area contributed by atoms with Crippen molar-refractivity contribution < 1.29 is 9.37 Å². The molecule has 24 heavy (non-hydrogen) atoms. The number of imidazole rings is 1. The zero-order valence-corrected chi connectivity index (χ0v) is 14.0. The van der Waals surface area contributed by atoms with E-state index in [1.807, 2.05) is 12.1 Å². The number of para-hydroxylation sites is 1. The summed E-state index contributed by atoms with van der Waals surface area (Å²) in [6.07, 6.45) is 13.1. The van der Waals surface area contributed by atoms with Gasteiger partial charge in [-0.05, 0) is 31.9 Å². The maximum absolute atomic E-state index is 11.6. The first-order valence-corrected chi connectivity index (χ1v) is 8.69. The molecule has 1 aromatic carbocycles. The van der Waals surface area contributed by atoms with Gasteiger partial charge in [0.2, 0.25) is 0 Å². The Bertz CT molecular complexity index is 857. The fourth-order valence-electron chi connectivity index (χ4n) is 3.87. The molecule has 1 aliphatic carbocycles. The lowest BCUT2D eigenvalue weighted by atomic mass is 9.92. The van der Waals surface area contributed by atoms with Crippen molar-refractivity contribution in [2.45, 2.75) is 50.5 Å². The van der Waals surface area contributed by atoms with Crippen molar-refractivity contribution in [1.82, 2.24) is 9.97 Å². The smallest absolute Gasteiger partial charge is 0.250 e. The van der Waals surface area contributed by atoms with Gasteiger partial charge in [0.1, 0.15) is 16.8 Å². The fraction of sp³-hybridized carbons (Fsp3) is 0.421. The monoisotopic (exact) mass is 323 g/mol. The van der Waals surface area contributed by atoms with Gasteiger partial charge in [-0.2, -0.15) is 0 Å². The average molecular weight is 323 g/mol. The van der Waals surface area contributed by atoms with E-state index >= 15 is 0 Å². The summed E-state index contributed by atoms with van der Waals surface area (Å²) < 4.78 is 2.35. The molecule has 2 aromatic rings. The van der Waals surface area contributed by atoms with Crippen LogP contribution in [0.2, 0.25) is 0 Å². The standard InChI is InChI=1S/C19H22N4O/c1-19(10-11-23(12-19)13-6-3-2-4-7-13)18-21-15-9-5-8-14(17(20)24)16(15)22-18/h5,8-13H,2-4,6-7H2,1H3,(H2-,20,21,22,24)/p+1. The number of allylic oxidation sites excluding steroid dienone is 1. The summed E-state index contributed by atoms with van der Waals surface area (Å²) in [5, 5.41) is 0. The van der Waals surface area contributed by atoms with Crippen LogP contribution in [0.4, 0.5) is 0 Å². The number of H-pyrrole nitrogens is 1. The first-order valence-electron chi connectivity index (χ1n) is 8.69. The van der Waals surface area contributed by atoms with E-state index in [-0.39, 0.29) is 5.41 Å². The van der Waals surface area contributed by atoms with Gasteiger partial charge in [0.15, 0.2) is 18.5 Å². The van der Waals surface area contributed by atoms with Crippen LogP contribution in [0, 0.1) is 0 Å².